The highest BCUT2D eigenvalue weighted by Gasteiger charge is 2.18. The van der Waals surface area contributed by atoms with Crippen LogP contribution in [0, 0.1) is 0 Å². The maximum Gasteiger partial charge on any atom is 0.367 e. The van der Waals surface area contributed by atoms with Crippen LogP contribution < -0.4 is 0 Å². The number of hydrogen-bond acceptors (Lipinski definition) is 5. The Morgan fingerprint density at radius 2 is 2.33 bits per heavy atom. The third kappa shape index (κ3) is 4.09. The zero-order valence-corrected chi connectivity index (χ0v) is 9.62. The van der Waals surface area contributed by atoms with E-state index in [4.69, 9.17) is 9.79 Å². The first-order chi connectivity index (χ1) is 6.92. The number of ether oxygens (including phenoxy) is 1. The van der Waals surface area contributed by atoms with Crippen LogP contribution in [0.3, 0.4) is 0 Å². The van der Waals surface area contributed by atoms with E-state index in [1.807, 2.05) is 0 Å². The standard InChI is InChI=1S/C7H10NO5PS/c1-2-13-7(9)6-8-5(4-15-6)3-14(10,11)12/h4H,2-3H2,1H3,(H2,10,11,12). The van der Waals surface area contributed by atoms with Crippen LogP contribution >= 0.6 is 18.9 Å². The van der Waals surface area contributed by atoms with Crippen LogP contribution in [0.5, 0.6) is 0 Å². The molecule has 0 bridgehead atoms. The number of carbonyl (C=O) groups is 1. The van der Waals surface area contributed by atoms with Crippen molar-refractivity contribution in [3.8, 4) is 0 Å². The van der Waals surface area contributed by atoms with Crippen LogP contribution in [0.15, 0.2) is 5.38 Å². The average molecular weight is 251 g/mol. The molecule has 0 saturated heterocycles. The van der Waals surface area contributed by atoms with E-state index in [0.29, 0.717) is 0 Å². The maximum atomic E-state index is 11.2. The van der Waals surface area contributed by atoms with Gasteiger partial charge in [0.15, 0.2) is 0 Å². The van der Waals surface area contributed by atoms with E-state index in [1.54, 1.807) is 6.92 Å². The highest BCUT2D eigenvalue weighted by molar-refractivity contribution is 7.50. The molecule has 0 spiro atoms. The second-order valence-electron chi connectivity index (χ2n) is 2.69. The number of thiazole rings is 1. The summed E-state index contributed by atoms with van der Waals surface area (Å²) in [6.45, 7) is 1.91. The van der Waals surface area contributed by atoms with Gasteiger partial charge in [0, 0.05) is 5.38 Å². The zero-order chi connectivity index (χ0) is 11.5. The van der Waals surface area contributed by atoms with Crippen molar-refractivity contribution in [3.05, 3.63) is 16.1 Å². The molecule has 0 aliphatic carbocycles. The quantitative estimate of drug-likeness (QED) is 0.612. The van der Waals surface area contributed by atoms with Crippen molar-refractivity contribution in [2.75, 3.05) is 6.61 Å². The number of esters is 1. The summed E-state index contributed by atoms with van der Waals surface area (Å²) in [5, 5.41) is 1.55. The fourth-order valence-electron chi connectivity index (χ4n) is 0.877. The number of hydrogen-bond donors (Lipinski definition) is 2. The van der Waals surface area contributed by atoms with Gasteiger partial charge in [0.25, 0.3) is 0 Å². The van der Waals surface area contributed by atoms with E-state index >= 15 is 0 Å². The fraction of sp³-hybridized carbons (Fsp3) is 0.429. The number of carbonyl (C=O) groups excluding carboxylic acids is 1. The van der Waals surface area contributed by atoms with E-state index < -0.39 is 19.7 Å². The predicted molar refractivity (Wildman–Crippen MR) is 53.8 cm³/mol. The minimum atomic E-state index is -4.13. The van der Waals surface area contributed by atoms with Crippen LogP contribution in [0.4, 0.5) is 0 Å². The summed E-state index contributed by atoms with van der Waals surface area (Å²) in [5.41, 5.74) is 0.205. The van der Waals surface area contributed by atoms with E-state index in [1.165, 1.54) is 5.38 Å². The molecule has 0 aromatic carbocycles. The lowest BCUT2D eigenvalue weighted by atomic mass is 10.6. The van der Waals surface area contributed by atoms with Crippen molar-refractivity contribution in [2.45, 2.75) is 13.1 Å². The molecule has 8 heteroatoms. The summed E-state index contributed by atoms with van der Waals surface area (Å²) >= 11 is 1.01. The Morgan fingerprint density at radius 3 is 2.87 bits per heavy atom. The lowest BCUT2D eigenvalue weighted by Crippen LogP contribution is -2.04. The molecule has 1 aromatic heterocycles. The lowest BCUT2D eigenvalue weighted by Gasteiger charge is -1.99. The minimum Gasteiger partial charge on any atom is -0.461 e. The van der Waals surface area contributed by atoms with Gasteiger partial charge < -0.3 is 14.5 Å². The maximum absolute atomic E-state index is 11.2. The molecule has 1 aromatic rings. The van der Waals surface area contributed by atoms with Gasteiger partial charge in [-0.05, 0) is 6.92 Å². The second-order valence-corrected chi connectivity index (χ2v) is 5.19. The first-order valence-electron chi connectivity index (χ1n) is 4.08. The average Bonchev–Trinajstić information content (AvgIpc) is 2.50. The largest absolute Gasteiger partial charge is 0.461 e. The van der Waals surface area contributed by atoms with Crippen LogP contribution in [0.25, 0.3) is 0 Å². The summed E-state index contributed by atoms with van der Waals surface area (Å²) < 4.78 is 15.3. The molecule has 0 atom stereocenters. The van der Waals surface area contributed by atoms with Crippen molar-refractivity contribution in [2.24, 2.45) is 0 Å². The lowest BCUT2D eigenvalue weighted by molar-refractivity contribution is 0.0525. The summed E-state index contributed by atoms with van der Waals surface area (Å²) in [4.78, 5) is 32.3. The molecule has 0 unspecified atom stereocenters. The Kier molecular flexibility index (Phi) is 3.98. The van der Waals surface area contributed by atoms with Crippen molar-refractivity contribution in [3.63, 3.8) is 0 Å². The summed E-state index contributed by atoms with van der Waals surface area (Å²) in [7, 11) is -4.13. The Hall–Kier alpha value is -0.750. The molecular weight excluding hydrogens is 241 g/mol. The second kappa shape index (κ2) is 4.85. The normalized spacial score (nSPS) is 11.4. The molecule has 0 aliphatic heterocycles. The van der Waals surface area contributed by atoms with Crippen molar-refractivity contribution >= 4 is 24.9 Å². The van der Waals surface area contributed by atoms with E-state index in [9.17, 15) is 9.36 Å². The molecule has 1 heterocycles. The van der Waals surface area contributed by atoms with Crippen molar-refractivity contribution < 1.29 is 23.9 Å². The van der Waals surface area contributed by atoms with Crippen LogP contribution in [0.1, 0.15) is 22.4 Å². The highest BCUT2D eigenvalue weighted by Crippen LogP contribution is 2.39. The third-order valence-electron chi connectivity index (χ3n) is 1.37. The SMILES string of the molecule is CCOC(=O)c1nc(CP(=O)(O)O)cs1. The summed E-state index contributed by atoms with van der Waals surface area (Å²) in [6.07, 6.45) is -0.455. The first-order valence-corrected chi connectivity index (χ1v) is 6.76. The summed E-state index contributed by atoms with van der Waals surface area (Å²) in [6, 6.07) is 0. The highest BCUT2D eigenvalue weighted by atomic mass is 32.1. The zero-order valence-electron chi connectivity index (χ0n) is 7.91. The number of aromatic nitrogens is 1. The van der Waals surface area contributed by atoms with Crippen LogP contribution in [-0.4, -0.2) is 27.3 Å². The monoisotopic (exact) mass is 251 g/mol. The topological polar surface area (TPSA) is 96.7 Å². The fourth-order valence-corrected chi connectivity index (χ4v) is 2.29. The van der Waals surface area contributed by atoms with Crippen molar-refractivity contribution in [1.82, 2.24) is 4.98 Å². The molecule has 0 amide bonds. The van der Waals surface area contributed by atoms with Gasteiger partial charge in [-0.15, -0.1) is 11.3 Å². The Morgan fingerprint density at radius 1 is 1.67 bits per heavy atom. The first kappa shape index (κ1) is 12.3. The molecule has 84 valence electrons. The Labute approximate surface area is 90.1 Å². The number of rotatable bonds is 4. The molecular formula is C7H10NO5PS. The Balaban J connectivity index is 2.72. The molecule has 0 fully saturated rings. The molecule has 2 N–H and O–H groups in total. The van der Waals surface area contributed by atoms with Gasteiger partial charge in [-0.2, -0.15) is 0 Å². The minimum absolute atomic E-state index is 0.111. The van der Waals surface area contributed by atoms with Gasteiger partial charge in [0.05, 0.1) is 18.5 Å². The molecule has 15 heavy (non-hydrogen) atoms. The Bertz CT molecular complexity index is 398. The molecule has 1 rings (SSSR count). The van der Waals surface area contributed by atoms with Gasteiger partial charge in [-0.1, -0.05) is 0 Å². The van der Waals surface area contributed by atoms with Gasteiger partial charge in [0.1, 0.15) is 0 Å². The van der Waals surface area contributed by atoms with Gasteiger partial charge in [-0.25, -0.2) is 9.78 Å². The molecule has 0 aliphatic rings. The van der Waals surface area contributed by atoms with Crippen LogP contribution in [0.2, 0.25) is 0 Å². The van der Waals surface area contributed by atoms with E-state index in [-0.39, 0.29) is 17.3 Å². The number of nitrogens with zero attached hydrogens (tertiary/aromatic N) is 1. The van der Waals surface area contributed by atoms with Crippen LogP contribution in [-0.2, 0) is 15.5 Å². The van der Waals surface area contributed by atoms with Gasteiger partial charge in [-0.3, -0.25) is 4.57 Å². The molecule has 0 saturated carbocycles. The third-order valence-corrected chi connectivity index (χ3v) is 2.98. The molecule has 0 radical (unpaired) electrons. The molecule has 6 nitrogen and oxygen atoms in total. The van der Waals surface area contributed by atoms with Crippen molar-refractivity contribution in [1.29, 1.82) is 0 Å². The van der Waals surface area contributed by atoms with E-state index in [0.717, 1.165) is 11.3 Å². The van der Waals surface area contributed by atoms with Gasteiger partial charge >= 0.3 is 13.6 Å². The summed E-state index contributed by atoms with van der Waals surface area (Å²) in [5.74, 6) is -0.570. The smallest absolute Gasteiger partial charge is 0.367 e. The van der Waals surface area contributed by atoms with E-state index in [2.05, 4.69) is 9.72 Å². The predicted octanol–water partition coefficient (Wildman–Crippen LogP) is 0.998. The van der Waals surface area contributed by atoms with Gasteiger partial charge in [0.2, 0.25) is 5.01 Å².